The Labute approximate surface area is 127 Å². The highest BCUT2D eigenvalue weighted by Gasteiger charge is 2.06. The van der Waals surface area contributed by atoms with Crippen LogP contribution in [0.1, 0.15) is 31.0 Å². The molecule has 0 saturated heterocycles. The fourth-order valence-corrected chi connectivity index (χ4v) is 1.84. The van der Waals surface area contributed by atoms with Gasteiger partial charge >= 0.3 is 0 Å². The van der Waals surface area contributed by atoms with Crippen LogP contribution in [0.4, 0.5) is 0 Å². The number of ether oxygens (including phenoxy) is 2. The predicted octanol–water partition coefficient (Wildman–Crippen LogP) is 1.01. The molecule has 6 nitrogen and oxygen atoms in total. The topological polar surface area (TPSA) is 68.5 Å². The van der Waals surface area contributed by atoms with E-state index in [9.17, 15) is 5.11 Å². The molecular weight excluding hydrogens is 270 g/mol. The lowest BCUT2D eigenvalue weighted by Crippen LogP contribution is -2.30. The van der Waals surface area contributed by atoms with Gasteiger partial charge in [-0.25, -0.2) is 0 Å². The first-order chi connectivity index (χ1) is 10.1. The second-order valence-corrected chi connectivity index (χ2v) is 5.20. The Hall–Kier alpha value is -0.950. The normalized spacial score (nSPS) is 12.8. The van der Waals surface area contributed by atoms with Gasteiger partial charge in [0.2, 0.25) is 0 Å². The minimum Gasteiger partial charge on any atom is -0.389 e. The molecule has 1 unspecified atom stereocenters. The van der Waals surface area contributed by atoms with E-state index in [1.165, 1.54) is 0 Å². The molecule has 0 aliphatic carbocycles. The third-order valence-corrected chi connectivity index (χ3v) is 3.36. The van der Waals surface area contributed by atoms with Crippen molar-refractivity contribution in [3.63, 3.8) is 0 Å². The van der Waals surface area contributed by atoms with Crippen LogP contribution in [0.3, 0.4) is 0 Å². The monoisotopic (exact) mass is 299 g/mol. The number of aryl methyl sites for hydroxylation is 1. The van der Waals surface area contributed by atoms with Gasteiger partial charge in [-0.15, -0.1) is 0 Å². The SMILES string of the molecule is CCCCOCCOCC(O)CNCc1cnn(C)c1C. The van der Waals surface area contributed by atoms with Crippen LogP contribution in [0.5, 0.6) is 0 Å². The summed E-state index contributed by atoms with van der Waals surface area (Å²) >= 11 is 0. The van der Waals surface area contributed by atoms with Crippen molar-refractivity contribution in [3.8, 4) is 0 Å². The Balaban J connectivity index is 1.99. The number of aromatic nitrogens is 2. The molecule has 0 saturated carbocycles. The van der Waals surface area contributed by atoms with E-state index in [1.807, 2.05) is 24.9 Å². The summed E-state index contributed by atoms with van der Waals surface area (Å²) in [6, 6.07) is 0. The highest BCUT2D eigenvalue weighted by molar-refractivity contribution is 5.15. The molecule has 0 aliphatic rings. The second kappa shape index (κ2) is 10.7. The second-order valence-electron chi connectivity index (χ2n) is 5.20. The molecule has 2 N–H and O–H groups in total. The van der Waals surface area contributed by atoms with Crippen molar-refractivity contribution >= 4 is 0 Å². The van der Waals surface area contributed by atoms with Gasteiger partial charge in [0, 0.05) is 38.0 Å². The Bertz CT molecular complexity index is 382. The maximum atomic E-state index is 9.79. The molecule has 0 aliphatic heterocycles. The maximum absolute atomic E-state index is 9.79. The fraction of sp³-hybridized carbons (Fsp3) is 0.800. The summed E-state index contributed by atoms with van der Waals surface area (Å²) in [5.74, 6) is 0. The Kier molecular flexibility index (Phi) is 9.25. The number of hydrogen-bond acceptors (Lipinski definition) is 5. The van der Waals surface area contributed by atoms with Crippen LogP contribution < -0.4 is 5.32 Å². The largest absolute Gasteiger partial charge is 0.389 e. The quantitative estimate of drug-likeness (QED) is 0.564. The van der Waals surface area contributed by atoms with Crippen LogP contribution in [0.2, 0.25) is 0 Å². The average Bonchev–Trinajstić information content (AvgIpc) is 2.78. The lowest BCUT2D eigenvalue weighted by Gasteiger charge is -2.12. The summed E-state index contributed by atoms with van der Waals surface area (Å²) in [7, 11) is 1.92. The van der Waals surface area contributed by atoms with E-state index in [0.29, 0.717) is 32.9 Å². The van der Waals surface area contributed by atoms with Crippen molar-refractivity contribution in [1.82, 2.24) is 15.1 Å². The fourth-order valence-electron chi connectivity index (χ4n) is 1.84. The van der Waals surface area contributed by atoms with Gasteiger partial charge in [-0.05, 0) is 13.3 Å². The number of nitrogens with one attached hydrogen (secondary N) is 1. The van der Waals surface area contributed by atoms with Crippen molar-refractivity contribution in [2.45, 2.75) is 39.3 Å². The number of aliphatic hydroxyl groups is 1. The third-order valence-electron chi connectivity index (χ3n) is 3.36. The van der Waals surface area contributed by atoms with E-state index in [4.69, 9.17) is 9.47 Å². The van der Waals surface area contributed by atoms with Crippen LogP contribution in [0.25, 0.3) is 0 Å². The lowest BCUT2D eigenvalue weighted by atomic mass is 10.2. The Morgan fingerprint density at radius 3 is 2.76 bits per heavy atom. The Morgan fingerprint density at radius 1 is 1.33 bits per heavy atom. The highest BCUT2D eigenvalue weighted by Crippen LogP contribution is 2.04. The van der Waals surface area contributed by atoms with Crippen molar-refractivity contribution in [1.29, 1.82) is 0 Å². The summed E-state index contributed by atoms with van der Waals surface area (Å²) in [5.41, 5.74) is 2.28. The van der Waals surface area contributed by atoms with Crippen molar-refractivity contribution in [3.05, 3.63) is 17.5 Å². The molecule has 0 spiro atoms. The van der Waals surface area contributed by atoms with Crippen LogP contribution in [0, 0.1) is 6.92 Å². The van der Waals surface area contributed by atoms with E-state index in [1.54, 1.807) is 0 Å². The molecule has 21 heavy (non-hydrogen) atoms. The molecule has 1 atom stereocenters. The maximum Gasteiger partial charge on any atom is 0.0897 e. The molecule has 0 bridgehead atoms. The van der Waals surface area contributed by atoms with Gasteiger partial charge in [0.25, 0.3) is 0 Å². The number of nitrogens with zero attached hydrogens (tertiary/aromatic N) is 2. The number of hydrogen-bond donors (Lipinski definition) is 2. The first kappa shape index (κ1) is 18.1. The van der Waals surface area contributed by atoms with Crippen molar-refractivity contribution in [2.75, 3.05) is 33.0 Å². The summed E-state index contributed by atoms with van der Waals surface area (Å²) in [6.45, 7) is 7.61. The zero-order valence-electron chi connectivity index (χ0n) is 13.5. The minimum atomic E-state index is -0.502. The van der Waals surface area contributed by atoms with Gasteiger partial charge in [0.15, 0.2) is 0 Å². The van der Waals surface area contributed by atoms with Crippen LogP contribution in [0.15, 0.2) is 6.20 Å². The zero-order valence-corrected chi connectivity index (χ0v) is 13.5. The van der Waals surface area contributed by atoms with E-state index < -0.39 is 6.10 Å². The van der Waals surface area contributed by atoms with Gasteiger partial charge < -0.3 is 19.9 Å². The third kappa shape index (κ3) is 7.57. The molecule has 0 amide bonds. The molecule has 0 fully saturated rings. The van der Waals surface area contributed by atoms with E-state index >= 15 is 0 Å². The van der Waals surface area contributed by atoms with Crippen LogP contribution in [-0.4, -0.2) is 54.0 Å². The number of rotatable bonds is 12. The van der Waals surface area contributed by atoms with E-state index in [2.05, 4.69) is 17.3 Å². The van der Waals surface area contributed by atoms with Gasteiger partial charge in [0.05, 0.1) is 32.1 Å². The summed E-state index contributed by atoms with van der Waals surface area (Å²) in [4.78, 5) is 0. The van der Waals surface area contributed by atoms with Gasteiger partial charge in [-0.3, -0.25) is 4.68 Å². The summed E-state index contributed by atoms with van der Waals surface area (Å²) < 4.78 is 12.6. The summed E-state index contributed by atoms with van der Waals surface area (Å²) in [5, 5.41) is 17.2. The Morgan fingerprint density at radius 2 is 2.10 bits per heavy atom. The molecular formula is C15H29N3O3. The highest BCUT2D eigenvalue weighted by atomic mass is 16.5. The number of unbranched alkanes of at least 4 members (excludes halogenated alkanes) is 1. The van der Waals surface area contributed by atoms with Gasteiger partial charge in [0.1, 0.15) is 0 Å². The smallest absolute Gasteiger partial charge is 0.0897 e. The molecule has 1 aromatic heterocycles. The van der Waals surface area contributed by atoms with Crippen molar-refractivity contribution in [2.24, 2.45) is 7.05 Å². The summed E-state index contributed by atoms with van der Waals surface area (Å²) in [6.07, 6.45) is 3.57. The first-order valence-electron chi connectivity index (χ1n) is 7.66. The minimum absolute atomic E-state index is 0.330. The molecule has 1 heterocycles. The predicted molar refractivity (Wildman–Crippen MR) is 82.2 cm³/mol. The number of aliphatic hydroxyl groups excluding tert-OH is 1. The molecule has 6 heteroatoms. The standard InChI is InChI=1S/C15H29N3O3/c1-4-5-6-20-7-8-21-12-15(19)11-16-9-14-10-17-18(3)13(14)2/h10,15-16,19H,4-9,11-12H2,1-3H3. The van der Waals surface area contributed by atoms with Crippen LogP contribution >= 0.6 is 0 Å². The average molecular weight is 299 g/mol. The first-order valence-corrected chi connectivity index (χ1v) is 7.66. The lowest BCUT2D eigenvalue weighted by molar-refractivity contribution is 0.00385. The molecule has 1 rings (SSSR count). The zero-order chi connectivity index (χ0) is 15.5. The molecule has 0 radical (unpaired) electrons. The van der Waals surface area contributed by atoms with Gasteiger partial charge in [-0.1, -0.05) is 13.3 Å². The molecule has 1 aromatic rings. The van der Waals surface area contributed by atoms with Crippen LogP contribution in [-0.2, 0) is 23.1 Å². The molecule has 0 aromatic carbocycles. The van der Waals surface area contributed by atoms with Gasteiger partial charge in [-0.2, -0.15) is 5.10 Å². The van der Waals surface area contributed by atoms with E-state index in [0.717, 1.165) is 30.7 Å². The van der Waals surface area contributed by atoms with Crippen molar-refractivity contribution < 1.29 is 14.6 Å². The molecule has 122 valence electrons. The van der Waals surface area contributed by atoms with E-state index in [-0.39, 0.29) is 0 Å².